The first-order chi connectivity index (χ1) is 8.20. The molecule has 0 saturated carbocycles. The highest BCUT2D eigenvalue weighted by Crippen LogP contribution is 2.22. The molecule has 0 atom stereocenters. The molecule has 0 aromatic heterocycles. The van der Waals surface area contributed by atoms with Gasteiger partial charge in [-0.15, -0.1) is 0 Å². The number of carbonyl (C=O) groups excluding carboxylic acids is 1. The molecule has 1 aromatic rings. The average Bonchev–Trinajstić information content (AvgIpc) is 2.33. The number of benzene rings is 1. The summed E-state index contributed by atoms with van der Waals surface area (Å²) in [5.41, 5.74) is -0.212. The summed E-state index contributed by atoms with van der Waals surface area (Å²) in [6.45, 7) is 7.09. The van der Waals surface area contributed by atoms with Crippen LogP contribution in [-0.4, -0.2) is 19.2 Å². The maximum atomic E-state index is 13.5. The van der Waals surface area contributed by atoms with E-state index in [1.165, 1.54) is 30.4 Å². The van der Waals surface area contributed by atoms with Gasteiger partial charge in [0.2, 0.25) is 0 Å². The molecule has 0 N–H and O–H groups in total. The summed E-state index contributed by atoms with van der Waals surface area (Å²) >= 11 is 0. The van der Waals surface area contributed by atoms with Gasteiger partial charge in [-0.1, -0.05) is 31.4 Å². The zero-order valence-corrected chi connectivity index (χ0v) is 9.32. The number of rotatable bonds is 6. The topological polar surface area (TPSA) is 35.5 Å². The fourth-order valence-corrected chi connectivity index (χ4v) is 1.18. The lowest BCUT2D eigenvalue weighted by molar-refractivity contribution is 0.0540. The summed E-state index contributed by atoms with van der Waals surface area (Å²) in [4.78, 5) is 11.6. The molecule has 0 unspecified atom stereocenters. The van der Waals surface area contributed by atoms with Gasteiger partial charge in [0.15, 0.2) is 0 Å². The van der Waals surface area contributed by atoms with Crippen LogP contribution in [0.4, 0.5) is 4.39 Å². The minimum atomic E-state index is -0.776. The average molecular weight is 236 g/mol. The quantitative estimate of drug-likeness (QED) is 0.562. The van der Waals surface area contributed by atoms with E-state index in [1.807, 2.05) is 0 Å². The summed E-state index contributed by atoms with van der Waals surface area (Å²) in [5, 5.41) is 0. The molecule has 4 heteroatoms. The van der Waals surface area contributed by atoms with E-state index in [9.17, 15) is 9.18 Å². The van der Waals surface area contributed by atoms with E-state index < -0.39 is 11.8 Å². The van der Waals surface area contributed by atoms with Crippen LogP contribution in [0.15, 0.2) is 43.5 Å². The van der Waals surface area contributed by atoms with Crippen LogP contribution in [0.2, 0.25) is 0 Å². The lowest BCUT2D eigenvalue weighted by Crippen LogP contribution is -2.10. The highest BCUT2D eigenvalue weighted by Gasteiger charge is 2.18. The summed E-state index contributed by atoms with van der Waals surface area (Å²) in [5.74, 6) is -1.32. The van der Waals surface area contributed by atoms with Crippen molar-refractivity contribution < 1.29 is 18.7 Å². The predicted octanol–water partition coefficient (Wildman–Crippen LogP) is 2.73. The van der Waals surface area contributed by atoms with Crippen molar-refractivity contribution in [2.45, 2.75) is 0 Å². The number of esters is 1. The van der Waals surface area contributed by atoms with Gasteiger partial charge in [0.1, 0.15) is 30.3 Å². The van der Waals surface area contributed by atoms with Crippen molar-refractivity contribution in [3.63, 3.8) is 0 Å². The van der Waals surface area contributed by atoms with E-state index in [4.69, 9.17) is 9.47 Å². The van der Waals surface area contributed by atoms with Crippen LogP contribution >= 0.6 is 0 Å². The minimum absolute atomic E-state index is 0.0219. The van der Waals surface area contributed by atoms with Crippen LogP contribution in [-0.2, 0) is 4.74 Å². The van der Waals surface area contributed by atoms with Crippen LogP contribution in [0.1, 0.15) is 10.4 Å². The van der Waals surface area contributed by atoms with Gasteiger partial charge in [0.05, 0.1) is 0 Å². The molecule has 90 valence electrons. The van der Waals surface area contributed by atoms with Crippen molar-refractivity contribution in [3.8, 4) is 5.75 Å². The van der Waals surface area contributed by atoms with Gasteiger partial charge >= 0.3 is 5.97 Å². The maximum absolute atomic E-state index is 13.5. The Labute approximate surface area is 99.2 Å². The van der Waals surface area contributed by atoms with E-state index >= 15 is 0 Å². The zero-order valence-electron chi connectivity index (χ0n) is 9.32. The summed E-state index contributed by atoms with van der Waals surface area (Å²) < 4.78 is 23.5. The van der Waals surface area contributed by atoms with Gasteiger partial charge in [0.25, 0.3) is 0 Å². The lowest BCUT2D eigenvalue weighted by atomic mass is 10.2. The van der Waals surface area contributed by atoms with Gasteiger partial charge in [-0.3, -0.25) is 0 Å². The van der Waals surface area contributed by atoms with Crippen molar-refractivity contribution in [2.75, 3.05) is 13.2 Å². The van der Waals surface area contributed by atoms with Crippen LogP contribution in [0.25, 0.3) is 0 Å². The molecule has 0 radical (unpaired) electrons. The molecule has 17 heavy (non-hydrogen) atoms. The number of ether oxygens (including phenoxy) is 2. The van der Waals surface area contributed by atoms with Gasteiger partial charge in [-0.25, -0.2) is 9.18 Å². The number of hydrogen-bond donors (Lipinski definition) is 0. The second-order valence-corrected chi connectivity index (χ2v) is 3.10. The molecule has 0 aliphatic carbocycles. The van der Waals surface area contributed by atoms with Gasteiger partial charge in [-0.2, -0.15) is 0 Å². The van der Waals surface area contributed by atoms with E-state index in [1.54, 1.807) is 0 Å². The van der Waals surface area contributed by atoms with E-state index in [0.29, 0.717) is 0 Å². The van der Waals surface area contributed by atoms with Crippen molar-refractivity contribution in [3.05, 3.63) is 54.9 Å². The van der Waals surface area contributed by atoms with Crippen LogP contribution in [0.3, 0.4) is 0 Å². The molecule has 0 aliphatic rings. The fourth-order valence-electron chi connectivity index (χ4n) is 1.18. The standard InChI is InChI=1S/C13H13FO3/c1-3-8-16-11-7-5-6-10(14)12(11)13(15)17-9-4-2/h3-7H,1-2,8-9H2. The monoisotopic (exact) mass is 236 g/mol. The molecule has 0 fully saturated rings. The molecule has 0 aliphatic heterocycles. The summed E-state index contributed by atoms with van der Waals surface area (Å²) in [6.07, 6.45) is 2.91. The lowest BCUT2D eigenvalue weighted by Gasteiger charge is -2.09. The van der Waals surface area contributed by atoms with E-state index in [2.05, 4.69) is 13.2 Å². The second kappa shape index (κ2) is 6.48. The maximum Gasteiger partial charge on any atom is 0.345 e. The van der Waals surface area contributed by atoms with Gasteiger partial charge in [-0.05, 0) is 12.1 Å². The second-order valence-electron chi connectivity index (χ2n) is 3.10. The molecule has 0 spiro atoms. The van der Waals surface area contributed by atoms with E-state index in [-0.39, 0.29) is 24.5 Å². The van der Waals surface area contributed by atoms with Crippen molar-refractivity contribution >= 4 is 5.97 Å². The Hall–Kier alpha value is -2.10. The number of carbonyl (C=O) groups is 1. The third-order valence-electron chi connectivity index (χ3n) is 1.87. The molecular formula is C13H13FO3. The first kappa shape index (κ1) is 13.0. The Morgan fingerprint density at radius 1 is 1.29 bits per heavy atom. The summed E-state index contributed by atoms with van der Waals surface area (Å²) in [7, 11) is 0. The van der Waals surface area contributed by atoms with Gasteiger partial charge < -0.3 is 9.47 Å². The van der Waals surface area contributed by atoms with E-state index in [0.717, 1.165) is 0 Å². The number of halogens is 1. The molecule has 0 saturated heterocycles. The molecule has 1 rings (SSSR count). The first-order valence-corrected chi connectivity index (χ1v) is 5.01. The SMILES string of the molecule is C=CCOC(=O)c1c(F)cccc1OCC=C. The Kier molecular flexibility index (Phi) is 4.94. The van der Waals surface area contributed by atoms with Crippen molar-refractivity contribution in [2.24, 2.45) is 0 Å². The highest BCUT2D eigenvalue weighted by molar-refractivity contribution is 5.92. The minimum Gasteiger partial charge on any atom is -0.489 e. The van der Waals surface area contributed by atoms with Crippen molar-refractivity contribution in [1.29, 1.82) is 0 Å². The van der Waals surface area contributed by atoms with Crippen LogP contribution < -0.4 is 4.74 Å². The van der Waals surface area contributed by atoms with Crippen LogP contribution in [0.5, 0.6) is 5.75 Å². The Morgan fingerprint density at radius 2 is 2.00 bits per heavy atom. The Bertz CT molecular complexity index is 427. The molecule has 0 heterocycles. The normalized spacial score (nSPS) is 9.47. The summed E-state index contributed by atoms with van der Waals surface area (Å²) in [6, 6.07) is 4.13. The smallest absolute Gasteiger partial charge is 0.345 e. The van der Waals surface area contributed by atoms with Gasteiger partial charge in [0, 0.05) is 0 Å². The molecular weight excluding hydrogens is 223 g/mol. The fraction of sp³-hybridized carbons (Fsp3) is 0.154. The third-order valence-corrected chi connectivity index (χ3v) is 1.87. The Morgan fingerprint density at radius 3 is 2.65 bits per heavy atom. The zero-order chi connectivity index (χ0) is 12.7. The Balaban J connectivity index is 2.97. The predicted molar refractivity (Wildman–Crippen MR) is 62.6 cm³/mol. The first-order valence-electron chi connectivity index (χ1n) is 5.01. The van der Waals surface area contributed by atoms with Crippen LogP contribution in [0, 0.1) is 5.82 Å². The molecule has 1 aromatic carbocycles. The molecule has 3 nitrogen and oxygen atoms in total. The molecule has 0 amide bonds. The largest absolute Gasteiger partial charge is 0.489 e. The number of hydrogen-bond acceptors (Lipinski definition) is 3. The third kappa shape index (κ3) is 3.45. The van der Waals surface area contributed by atoms with Crippen molar-refractivity contribution in [1.82, 2.24) is 0 Å². The highest BCUT2D eigenvalue weighted by atomic mass is 19.1. The molecule has 0 bridgehead atoms.